The number of unbranched alkanes of at least 4 members (excludes halogenated alkanes) is 1. The molecule has 0 saturated carbocycles. The summed E-state index contributed by atoms with van der Waals surface area (Å²) in [6.45, 7) is 2.29. The van der Waals surface area contributed by atoms with Crippen molar-refractivity contribution in [1.29, 1.82) is 5.26 Å². The van der Waals surface area contributed by atoms with Crippen molar-refractivity contribution in [2.45, 2.75) is 19.8 Å². The molecule has 106 valence electrons. The quantitative estimate of drug-likeness (QED) is 0.347. The number of halogens is 2. The van der Waals surface area contributed by atoms with E-state index in [1.54, 1.807) is 12.1 Å². The first-order chi connectivity index (χ1) is 9.49. The van der Waals surface area contributed by atoms with Crippen LogP contribution >= 0.6 is 31.9 Å². The van der Waals surface area contributed by atoms with E-state index < -0.39 is 5.97 Å². The van der Waals surface area contributed by atoms with Gasteiger partial charge in [0.2, 0.25) is 0 Å². The van der Waals surface area contributed by atoms with E-state index in [0.717, 1.165) is 12.8 Å². The number of hydrogen-bond donors (Lipinski definition) is 1. The highest BCUT2D eigenvalue weighted by Crippen LogP contribution is 2.33. The maximum absolute atomic E-state index is 11.7. The van der Waals surface area contributed by atoms with Gasteiger partial charge in [0.1, 0.15) is 17.4 Å². The predicted octanol–water partition coefficient (Wildman–Crippen LogP) is 4.17. The van der Waals surface area contributed by atoms with Gasteiger partial charge in [0.15, 0.2) is 0 Å². The fourth-order valence-corrected chi connectivity index (χ4v) is 2.58. The molecule has 1 aromatic carbocycles. The zero-order chi connectivity index (χ0) is 15.1. The SMILES string of the molecule is CCCCOC(=O)/C(C#N)=C/c1cc(Br)c(O)c(Br)c1. The Morgan fingerprint density at radius 2 is 2.05 bits per heavy atom. The minimum absolute atomic E-state index is 0.0613. The summed E-state index contributed by atoms with van der Waals surface area (Å²) in [5, 5.41) is 18.6. The van der Waals surface area contributed by atoms with Crippen LogP contribution in [0, 0.1) is 11.3 Å². The molecule has 0 bridgehead atoms. The number of hydrogen-bond acceptors (Lipinski definition) is 4. The van der Waals surface area contributed by atoms with Crippen LogP contribution in [0.15, 0.2) is 26.7 Å². The van der Waals surface area contributed by atoms with Gasteiger partial charge in [-0.1, -0.05) is 13.3 Å². The highest BCUT2D eigenvalue weighted by Gasteiger charge is 2.12. The van der Waals surface area contributed by atoms with Crippen LogP contribution in [0.4, 0.5) is 0 Å². The van der Waals surface area contributed by atoms with Crippen LogP contribution in [0.25, 0.3) is 6.08 Å². The van der Waals surface area contributed by atoms with Crippen molar-refractivity contribution >= 4 is 43.9 Å². The van der Waals surface area contributed by atoms with E-state index >= 15 is 0 Å². The number of carbonyl (C=O) groups is 1. The molecular weight excluding hydrogens is 390 g/mol. The van der Waals surface area contributed by atoms with Gasteiger partial charge in [-0.2, -0.15) is 5.26 Å². The zero-order valence-electron chi connectivity index (χ0n) is 10.8. The van der Waals surface area contributed by atoms with Gasteiger partial charge in [0, 0.05) is 0 Å². The second-order valence-electron chi connectivity index (χ2n) is 3.99. The lowest BCUT2D eigenvalue weighted by Gasteiger charge is -2.04. The second kappa shape index (κ2) is 8.08. The molecule has 1 rings (SSSR count). The van der Waals surface area contributed by atoms with Gasteiger partial charge in [-0.3, -0.25) is 0 Å². The van der Waals surface area contributed by atoms with Gasteiger partial charge in [-0.25, -0.2) is 4.79 Å². The molecule has 0 aliphatic carbocycles. The molecule has 1 N–H and O–H groups in total. The first-order valence-electron chi connectivity index (χ1n) is 5.96. The van der Waals surface area contributed by atoms with Crippen molar-refractivity contribution in [3.05, 3.63) is 32.2 Å². The first-order valence-corrected chi connectivity index (χ1v) is 7.55. The third-order valence-electron chi connectivity index (χ3n) is 2.42. The van der Waals surface area contributed by atoms with E-state index in [9.17, 15) is 9.90 Å². The summed E-state index contributed by atoms with van der Waals surface area (Å²) in [5.74, 6) is -0.576. The standard InChI is InChI=1S/C14H13Br2NO3/c1-2-3-4-20-14(19)10(8-17)5-9-6-11(15)13(18)12(16)7-9/h5-7,18H,2-4H2,1H3/b10-5+. The van der Waals surface area contributed by atoms with E-state index in [-0.39, 0.29) is 11.3 Å². The number of phenols is 1. The second-order valence-corrected chi connectivity index (χ2v) is 5.70. The van der Waals surface area contributed by atoms with Gasteiger partial charge >= 0.3 is 5.97 Å². The molecule has 0 spiro atoms. The molecule has 0 aliphatic rings. The van der Waals surface area contributed by atoms with Gasteiger partial charge in [0.05, 0.1) is 15.6 Å². The number of phenolic OH excluding ortho intramolecular Hbond substituents is 1. The van der Waals surface area contributed by atoms with Crippen LogP contribution in [-0.2, 0) is 9.53 Å². The molecule has 1 aromatic rings. The number of esters is 1. The molecule has 0 unspecified atom stereocenters. The van der Waals surface area contributed by atoms with Gasteiger partial charge in [-0.15, -0.1) is 0 Å². The Morgan fingerprint density at radius 3 is 2.55 bits per heavy atom. The van der Waals surface area contributed by atoms with Crippen molar-refractivity contribution in [3.63, 3.8) is 0 Å². The summed E-state index contributed by atoms with van der Waals surface area (Å²) < 4.78 is 5.92. The average Bonchev–Trinajstić information content (AvgIpc) is 2.42. The van der Waals surface area contributed by atoms with Crippen LogP contribution in [0.3, 0.4) is 0 Å². The van der Waals surface area contributed by atoms with Gasteiger partial charge < -0.3 is 9.84 Å². The Kier molecular flexibility index (Phi) is 6.76. The third-order valence-corrected chi connectivity index (χ3v) is 3.63. The molecule has 0 atom stereocenters. The summed E-state index contributed by atoms with van der Waals surface area (Å²) >= 11 is 6.38. The fraction of sp³-hybridized carbons (Fsp3) is 0.286. The maximum Gasteiger partial charge on any atom is 0.348 e. The summed E-state index contributed by atoms with van der Waals surface area (Å²) in [5.41, 5.74) is 0.524. The summed E-state index contributed by atoms with van der Waals surface area (Å²) in [6.07, 6.45) is 3.10. The molecule has 0 aromatic heterocycles. The maximum atomic E-state index is 11.7. The van der Waals surface area contributed by atoms with Crippen molar-refractivity contribution in [2.24, 2.45) is 0 Å². The van der Waals surface area contributed by atoms with Gasteiger partial charge in [0.25, 0.3) is 0 Å². The van der Waals surface area contributed by atoms with Crippen LogP contribution < -0.4 is 0 Å². The zero-order valence-corrected chi connectivity index (χ0v) is 14.0. The minimum Gasteiger partial charge on any atom is -0.506 e. The number of carbonyl (C=O) groups excluding carboxylic acids is 1. The lowest BCUT2D eigenvalue weighted by Crippen LogP contribution is -2.07. The van der Waals surface area contributed by atoms with Crippen molar-refractivity contribution in [2.75, 3.05) is 6.61 Å². The van der Waals surface area contributed by atoms with E-state index in [4.69, 9.17) is 10.00 Å². The molecule has 0 saturated heterocycles. The lowest BCUT2D eigenvalue weighted by atomic mass is 10.1. The van der Waals surface area contributed by atoms with E-state index in [1.165, 1.54) is 6.08 Å². The first kappa shape index (κ1) is 16.7. The average molecular weight is 403 g/mol. The fourth-order valence-electron chi connectivity index (χ4n) is 1.36. The molecule has 4 nitrogen and oxygen atoms in total. The molecule has 0 amide bonds. The monoisotopic (exact) mass is 401 g/mol. The van der Waals surface area contributed by atoms with Crippen molar-refractivity contribution in [3.8, 4) is 11.8 Å². The summed E-state index contributed by atoms with van der Waals surface area (Å²) in [4.78, 5) is 11.7. The van der Waals surface area contributed by atoms with Crippen LogP contribution in [-0.4, -0.2) is 17.7 Å². The van der Waals surface area contributed by atoms with Gasteiger partial charge in [-0.05, 0) is 62.1 Å². The number of benzene rings is 1. The minimum atomic E-state index is -0.638. The number of nitrogens with zero attached hydrogens (tertiary/aromatic N) is 1. The molecule has 20 heavy (non-hydrogen) atoms. The topological polar surface area (TPSA) is 70.3 Å². The summed E-state index contributed by atoms with van der Waals surface area (Å²) in [6, 6.07) is 5.04. The number of ether oxygens (including phenoxy) is 1. The predicted molar refractivity (Wildman–Crippen MR) is 83.0 cm³/mol. The lowest BCUT2D eigenvalue weighted by molar-refractivity contribution is -0.138. The van der Waals surface area contributed by atoms with E-state index in [2.05, 4.69) is 31.9 Å². The number of nitriles is 1. The number of aromatic hydroxyl groups is 1. The van der Waals surface area contributed by atoms with E-state index in [1.807, 2.05) is 13.0 Å². The molecular formula is C14H13Br2NO3. The molecule has 0 radical (unpaired) electrons. The van der Waals surface area contributed by atoms with Crippen molar-refractivity contribution < 1.29 is 14.6 Å². The Hall–Kier alpha value is -1.32. The van der Waals surface area contributed by atoms with Crippen LogP contribution in [0.2, 0.25) is 0 Å². The molecule has 0 aliphatic heterocycles. The van der Waals surface area contributed by atoms with Crippen LogP contribution in [0.1, 0.15) is 25.3 Å². The highest BCUT2D eigenvalue weighted by atomic mass is 79.9. The Balaban J connectivity index is 2.95. The molecule has 6 heteroatoms. The third kappa shape index (κ3) is 4.66. The molecule has 0 fully saturated rings. The highest BCUT2D eigenvalue weighted by molar-refractivity contribution is 9.11. The van der Waals surface area contributed by atoms with E-state index in [0.29, 0.717) is 21.1 Å². The Bertz CT molecular complexity index is 553. The summed E-state index contributed by atoms with van der Waals surface area (Å²) in [7, 11) is 0. The smallest absolute Gasteiger partial charge is 0.348 e. The van der Waals surface area contributed by atoms with Crippen molar-refractivity contribution in [1.82, 2.24) is 0 Å². The largest absolute Gasteiger partial charge is 0.506 e. The normalized spacial score (nSPS) is 11.0. The Labute approximate surface area is 134 Å². The Morgan fingerprint density at radius 1 is 1.45 bits per heavy atom. The van der Waals surface area contributed by atoms with Crippen LogP contribution in [0.5, 0.6) is 5.75 Å². The number of rotatable bonds is 5. The molecule has 0 heterocycles.